The number of hydrogen-bond acceptors (Lipinski definition) is 1. The molecular formula is C9H8F2O. The summed E-state index contributed by atoms with van der Waals surface area (Å²) in [6.45, 7) is 1.69. The van der Waals surface area contributed by atoms with E-state index >= 15 is 0 Å². The highest BCUT2D eigenvalue weighted by molar-refractivity contribution is 5.26. The van der Waals surface area contributed by atoms with E-state index in [0.717, 1.165) is 12.1 Å². The largest absolute Gasteiger partial charge is 0.459 e. The second-order valence-corrected chi connectivity index (χ2v) is 2.14. The van der Waals surface area contributed by atoms with Gasteiger partial charge in [0.15, 0.2) is 17.4 Å². The molecule has 0 aromatic heterocycles. The molecule has 1 rings (SSSR count). The molecule has 0 amide bonds. The van der Waals surface area contributed by atoms with Gasteiger partial charge in [0.1, 0.15) is 0 Å². The van der Waals surface area contributed by atoms with Gasteiger partial charge in [0.05, 0.1) is 6.26 Å². The first-order valence-electron chi connectivity index (χ1n) is 3.47. The summed E-state index contributed by atoms with van der Waals surface area (Å²) in [6, 6.07) is 3.57. The van der Waals surface area contributed by atoms with E-state index in [0.29, 0.717) is 0 Å². The Morgan fingerprint density at radius 3 is 2.33 bits per heavy atom. The van der Waals surface area contributed by atoms with Crippen molar-refractivity contribution in [3.63, 3.8) is 0 Å². The van der Waals surface area contributed by atoms with Gasteiger partial charge in [-0.3, -0.25) is 0 Å². The van der Waals surface area contributed by atoms with Crippen molar-refractivity contribution >= 4 is 0 Å². The molecule has 0 N–H and O–H groups in total. The maximum absolute atomic E-state index is 12.8. The number of hydrogen-bond donors (Lipinski definition) is 0. The van der Waals surface area contributed by atoms with E-state index in [4.69, 9.17) is 0 Å². The molecule has 0 unspecified atom stereocenters. The number of ether oxygens (including phenoxy) is 1. The zero-order valence-electron chi connectivity index (χ0n) is 6.55. The van der Waals surface area contributed by atoms with Gasteiger partial charge in [0, 0.05) is 0 Å². The van der Waals surface area contributed by atoms with Crippen LogP contribution in [0.25, 0.3) is 0 Å². The molecule has 0 bridgehead atoms. The Kier molecular flexibility index (Phi) is 2.80. The maximum atomic E-state index is 12.8. The van der Waals surface area contributed by atoms with Gasteiger partial charge in [-0.25, -0.2) is 8.78 Å². The van der Waals surface area contributed by atoms with Crippen molar-refractivity contribution in [2.75, 3.05) is 0 Å². The Hall–Kier alpha value is -1.38. The quantitative estimate of drug-likeness (QED) is 0.620. The Labute approximate surface area is 69.3 Å². The van der Waals surface area contributed by atoms with E-state index in [1.165, 1.54) is 12.3 Å². The third-order valence-electron chi connectivity index (χ3n) is 1.24. The summed E-state index contributed by atoms with van der Waals surface area (Å²) in [5, 5.41) is 0. The molecule has 3 heteroatoms. The van der Waals surface area contributed by atoms with Crippen LogP contribution in [0.15, 0.2) is 30.5 Å². The number of rotatable bonds is 2. The molecule has 0 heterocycles. The molecular weight excluding hydrogens is 162 g/mol. The predicted octanol–water partition coefficient (Wildman–Crippen LogP) is 2.88. The van der Waals surface area contributed by atoms with E-state index in [-0.39, 0.29) is 5.75 Å². The lowest BCUT2D eigenvalue weighted by Crippen LogP contribution is -1.90. The van der Waals surface area contributed by atoms with E-state index in [9.17, 15) is 8.78 Å². The second kappa shape index (κ2) is 3.85. The third-order valence-corrected chi connectivity index (χ3v) is 1.24. The molecule has 1 aromatic carbocycles. The second-order valence-electron chi connectivity index (χ2n) is 2.14. The highest BCUT2D eigenvalue weighted by Gasteiger charge is 2.07. The highest BCUT2D eigenvalue weighted by Crippen LogP contribution is 2.20. The standard InChI is InChI=1S/C9H8F2O/c1-2-6-12-9-7(10)4-3-5-8(9)11/h2-6H,1H3/b6-2-. The Bertz CT molecular complexity index is 274. The molecule has 0 aliphatic heterocycles. The lowest BCUT2D eigenvalue weighted by Gasteiger charge is -2.01. The zero-order valence-corrected chi connectivity index (χ0v) is 6.55. The minimum Gasteiger partial charge on any atom is -0.459 e. The summed E-state index contributed by atoms with van der Waals surface area (Å²) in [4.78, 5) is 0. The molecule has 0 saturated carbocycles. The summed E-state index contributed by atoms with van der Waals surface area (Å²) in [7, 11) is 0. The molecule has 0 fully saturated rings. The summed E-state index contributed by atoms with van der Waals surface area (Å²) in [6.07, 6.45) is 2.77. The van der Waals surface area contributed by atoms with Crippen LogP contribution >= 0.6 is 0 Å². The van der Waals surface area contributed by atoms with Gasteiger partial charge in [-0.05, 0) is 19.1 Å². The predicted molar refractivity (Wildman–Crippen MR) is 41.8 cm³/mol. The van der Waals surface area contributed by atoms with Crippen LogP contribution in [0.4, 0.5) is 8.78 Å². The molecule has 0 radical (unpaired) electrons. The maximum Gasteiger partial charge on any atom is 0.197 e. The van der Waals surface area contributed by atoms with Crippen LogP contribution in [0, 0.1) is 11.6 Å². The Morgan fingerprint density at radius 1 is 1.25 bits per heavy atom. The van der Waals surface area contributed by atoms with Crippen LogP contribution in [0.2, 0.25) is 0 Å². The highest BCUT2D eigenvalue weighted by atomic mass is 19.1. The molecule has 0 atom stereocenters. The molecule has 0 saturated heterocycles. The van der Waals surface area contributed by atoms with Crippen molar-refractivity contribution in [2.24, 2.45) is 0 Å². The molecule has 0 aliphatic carbocycles. The summed E-state index contributed by atoms with van der Waals surface area (Å²) in [5.74, 6) is -1.77. The van der Waals surface area contributed by atoms with Crippen LogP contribution in [-0.4, -0.2) is 0 Å². The average Bonchev–Trinajstić information content (AvgIpc) is 2.04. The van der Waals surface area contributed by atoms with Crippen LogP contribution in [0.5, 0.6) is 5.75 Å². The van der Waals surface area contributed by atoms with Crippen molar-refractivity contribution in [3.8, 4) is 5.75 Å². The van der Waals surface area contributed by atoms with Gasteiger partial charge in [-0.2, -0.15) is 0 Å². The normalized spacial score (nSPS) is 10.6. The Balaban J connectivity index is 2.96. The minimum atomic E-state index is -0.701. The third kappa shape index (κ3) is 1.81. The van der Waals surface area contributed by atoms with Gasteiger partial charge in [0.25, 0.3) is 0 Å². The van der Waals surface area contributed by atoms with Gasteiger partial charge in [0.2, 0.25) is 0 Å². The summed E-state index contributed by atoms with van der Waals surface area (Å²) >= 11 is 0. The topological polar surface area (TPSA) is 9.23 Å². The molecule has 0 spiro atoms. The van der Waals surface area contributed by atoms with Crippen molar-refractivity contribution in [1.82, 2.24) is 0 Å². The van der Waals surface area contributed by atoms with E-state index in [1.54, 1.807) is 13.0 Å². The number of halogens is 2. The van der Waals surface area contributed by atoms with Gasteiger partial charge >= 0.3 is 0 Å². The molecule has 0 aliphatic rings. The van der Waals surface area contributed by atoms with Crippen molar-refractivity contribution in [3.05, 3.63) is 42.2 Å². The van der Waals surface area contributed by atoms with Crippen molar-refractivity contribution in [1.29, 1.82) is 0 Å². The fourth-order valence-electron chi connectivity index (χ4n) is 0.731. The van der Waals surface area contributed by atoms with Gasteiger partial charge in [-0.1, -0.05) is 12.1 Å². The average molecular weight is 170 g/mol. The minimum absolute atomic E-state index is 0.365. The summed E-state index contributed by atoms with van der Waals surface area (Å²) < 4.78 is 30.2. The fraction of sp³-hybridized carbons (Fsp3) is 0.111. The molecule has 64 valence electrons. The van der Waals surface area contributed by atoms with E-state index in [1.807, 2.05) is 0 Å². The van der Waals surface area contributed by atoms with Gasteiger partial charge < -0.3 is 4.74 Å². The SMILES string of the molecule is C/C=C\Oc1c(F)cccc1F. The summed E-state index contributed by atoms with van der Waals surface area (Å²) in [5.41, 5.74) is 0. The first-order valence-corrected chi connectivity index (χ1v) is 3.47. The van der Waals surface area contributed by atoms with Crippen LogP contribution in [0.3, 0.4) is 0 Å². The first-order chi connectivity index (χ1) is 5.75. The fourth-order valence-corrected chi connectivity index (χ4v) is 0.731. The smallest absolute Gasteiger partial charge is 0.197 e. The monoisotopic (exact) mass is 170 g/mol. The molecule has 1 nitrogen and oxygen atoms in total. The zero-order chi connectivity index (χ0) is 8.97. The lowest BCUT2D eigenvalue weighted by molar-refractivity contribution is 0.405. The van der Waals surface area contributed by atoms with Crippen LogP contribution < -0.4 is 4.74 Å². The number of allylic oxidation sites excluding steroid dienone is 1. The molecule has 12 heavy (non-hydrogen) atoms. The number of para-hydroxylation sites is 1. The van der Waals surface area contributed by atoms with Crippen molar-refractivity contribution < 1.29 is 13.5 Å². The van der Waals surface area contributed by atoms with Crippen LogP contribution in [0.1, 0.15) is 6.92 Å². The van der Waals surface area contributed by atoms with Crippen LogP contribution in [-0.2, 0) is 0 Å². The van der Waals surface area contributed by atoms with E-state index in [2.05, 4.69) is 4.74 Å². The Morgan fingerprint density at radius 2 is 1.83 bits per heavy atom. The first kappa shape index (κ1) is 8.71. The molecule has 1 aromatic rings. The van der Waals surface area contributed by atoms with Gasteiger partial charge in [-0.15, -0.1) is 0 Å². The van der Waals surface area contributed by atoms with Crippen molar-refractivity contribution in [2.45, 2.75) is 6.92 Å². The number of benzene rings is 1. The lowest BCUT2D eigenvalue weighted by atomic mass is 10.3. The van der Waals surface area contributed by atoms with E-state index < -0.39 is 11.6 Å².